The Balaban J connectivity index is 1.60. The van der Waals surface area contributed by atoms with Gasteiger partial charge in [0.05, 0.1) is 18.2 Å². The summed E-state index contributed by atoms with van der Waals surface area (Å²) in [5.74, 6) is 0.170. The van der Waals surface area contributed by atoms with Crippen LogP contribution in [-0.4, -0.2) is 25.7 Å². The summed E-state index contributed by atoms with van der Waals surface area (Å²) in [4.78, 5) is 24.7. The van der Waals surface area contributed by atoms with Crippen LogP contribution in [0.15, 0.2) is 71.5 Å². The molecule has 1 amide bonds. The zero-order valence-electron chi connectivity index (χ0n) is 15.3. The molecule has 0 bridgehead atoms. The van der Waals surface area contributed by atoms with Gasteiger partial charge in [0.1, 0.15) is 5.52 Å². The number of nitrogens with one attached hydrogen (secondary N) is 2. The van der Waals surface area contributed by atoms with Gasteiger partial charge in [-0.2, -0.15) is 10.2 Å². The maximum absolute atomic E-state index is 12.5. The van der Waals surface area contributed by atoms with E-state index in [1.54, 1.807) is 6.07 Å². The van der Waals surface area contributed by atoms with Crippen molar-refractivity contribution in [2.75, 3.05) is 0 Å². The highest BCUT2D eigenvalue weighted by Gasteiger charge is 2.16. The Bertz CT molecular complexity index is 1170. The minimum Gasteiger partial charge on any atom is -0.349 e. The molecule has 0 spiro atoms. The van der Waals surface area contributed by atoms with E-state index in [0.29, 0.717) is 17.0 Å². The minimum atomic E-state index is -0.350. The van der Waals surface area contributed by atoms with E-state index in [1.165, 1.54) is 4.52 Å². The summed E-state index contributed by atoms with van der Waals surface area (Å²) in [6, 6.07) is 20.8. The van der Waals surface area contributed by atoms with Crippen LogP contribution in [-0.2, 0) is 11.2 Å². The van der Waals surface area contributed by atoms with Crippen LogP contribution in [0.5, 0.6) is 0 Å². The highest BCUT2D eigenvalue weighted by Crippen LogP contribution is 2.18. The van der Waals surface area contributed by atoms with Crippen molar-refractivity contribution >= 4 is 11.4 Å². The van der Waals surface area contributed by atoms with E-state index in [0.717, 1.165) is 11.1 Å². The summed E-state index contributed by atoms with van der Waals surface area (Å²) in [6.07, 6.45) is 0.000360. The average molecular weight is 373 g/mol. The van der Waals surface area contributed by atoms with Crippen molar-refractivity contribution in [2.24, 2.45) is 0 Å². The molecule has 4 aromatic rings. The van der Waals surface area contributed by atoms with Gasteiger partial charge in [-0.15, -0.1) is 0 Å². The lowest BCUT2D eigenvalue weighted by Crippen LogP contribution is -2.30. The molecule has 0 aliphatic carbocycles. The number of fused-ring (bicyclic) bond motifs is 1. The van der Waals surface area contributed by atoms with Crippen molar-refractivity contribution in [1.29, 1.82) is 0 Å². The number of H-pyrrole nitrogens is 1. The molecule has 0 saturated heterocycles. The van der Waals surface area contributed by atoms with E-state index in [1.807, 2.05) is 67.6 Å². The molecule has 0 aliphatic heterocycles. The van der Waals surface area contributed by atoms with Crippen LogP contribution in [0.25, 0.3) is 16.8 Å². The molecule has 1 unspecified atom stereocenters. The van der Waals surface area contributed by atoms with Gasteiger partial charge in [-0.3, -0.25) is 9.59 Å². The molecular weight excluding hydrogens is 354 g/mol. The van der Waals surface area contributed by atoms with E-state index >= 15 is 0 Å². The predicted octanol–water partition coefficient (Wildman–Crippen LogP) is 2.50. The van der Waals surface area contributed by atoms with Crippen LogP contribution in [0.3, 0.4) is 0 Å². The molecule has 0 radical (unpaired) electrons. The largest absolute Gasteiger partial charge is 0.349 e. The summed E-state index contributed by atoms with van der Waals surface area (Å²) < 4.78 is 1.44. The number of benzene rings is 2. The van der Waals surface area contributed by atoms with Crippen LogP contribution in [0.1, 0.15) is 24.4 Å². The summed E-state index contributed by atoms with van der Waals surface area (Å²) in [5, 5.41) is 13.9. The van der Waals surface area contributed by atoms with Crippen molar-refractivity contribution in [3.05, 3.63) is 88.5 Å². The highest BCUT2D eigenvalue weighted by molar-refractivity contribution is 5.78. The normalized spacial score (nSPS) is 12.0. The Kier molecular flexibility index (Phi) is 4.72. The first kappa shape index (κ1) is 17.7. The number of aromatic nitrogens is 4. The lowest BCUT2D eigenvalue weighted by Gasteiger charge is -2.14. The summed E-state index contributed by atoms with van der Waals surface area (Å²) in [7, 11) is 0. The number of amides is 1. The zero-order valence-corrected chi connectivity index (χ0v) is 15.3. The fraction of sp³-hybridized carbons (Fsp3) is 0.143. The molecule has 140 valence electrons. The molecule has 7 heteroatoms. The fourth-order valence-electron chi connectivity index (χ4n) is 3.09. The van der Waals surface area contributed by atoms with E-state index in [2.05, 4.69) is 20.6 Å². The molecule has 4 rings (SSSR count). The third-order valence-electron chi connectivity index (χ3n) is 4.54. The second-order valence-electron chi connectivity index (χ2n) is 6.54. The maximum atomic E-state index is 12.5. The van der Waals surface area contributed by atoms with Crippen molar-refractivity contribution in [2.45, 2.75) is 19.4 Å². The second kappa shape index (κ2) is 7.48. The Morgan fingerprint density at radius 1 is 1.11 bits per heavy atom. The van der Waals surface area contributed by atoms with Crippen molar-refractivity contribution in [1.82, 2.24) is 25.1 Å². The zero-order chi connectivity index (χ0) is 19.5. The van der Waals surface area contributed by atoms with E-state index in [4.69, 9.17) is 0 Å². The number of hydrogen-bond acceptors (Lipinski definition) is 4. The Morgan fingerprint density at radius 3 is 2.50 bits per heavy atom. The number of aromatic amines is 1. The van der Waals surface area contributed by atoms with Crippen LogP contribution < -0.4 is 10.9 Å². The van der Waals surface area contributed by atoms with E-state index < -0.39 is 0 Å². The number of rotatable bonds is 5. The van der Waals surface area contributed by atoms with Crippen LogP contribution in [0.4, 0.5) is 0 Å². The Hall–Kier alpha value is -3.74. The fourth-order valence-corrected chi connectivity index (χ4v) is 3.09. The van der Waals surface area contributed by atoms with E-state index in [9.17, 15) is 9.59 Å². The number of carbonyl (C=O) groups excluding carboxylic acids is 1. The monoisotopic (exact) mass is 373 g/mol. The van der Waals surface area contributed by atoms with Crippen molar-refractivity contribution in [3.8, 4) is 11.3 Å². The Labute approximate surface area is 161 Å². The molecule has 7 nitrogen and oxygen atoms in total. The molecule has 1 atom stereocenters. The molecule has 2 heterocycles. The van der Waals surface area contributed by atoms with Gasteiger partial charge in [-0.1, -0.05) is 60.7 Å². The molecule has 0 fully saturated rings. The number of nitrogens with zero attached hydrogens (tertiary/aromatic N) is 3. The first-order chi connectivity index (χ1) is 13.6. The van der Waals surface area contributed by atoms with Gasteiger partial charge in [-0.25, -0.2) is 9.61 Å². The molecular formula is C21H19N5O2. The third-order valence-corrected chi connectivity index (χ3v) is 4.54. The topological polar surface area (TPSA) is 92.1 Å². The van der Waals surface area contributed by atoms with Crippen LogP contribution in [0, 0.1) is 0 Å². The van der Waals surface area contributed by atoms with Crippen LogP contribution in [0.2, 0.25) is 0 Å². The maximum Gasteiger partial charge on any atom is 0.290 e. The lowest BCUT2D eigenvalue weighted by molar-refractivity contribution is -0.121. The minimum absolute atomic E-state index is 0.000360. The molecule has 0 saturated carbocycles. The SMILES string of the molecule is CC(NC(=O)Cc1n[nH]c(=O)c2cc(-c3ccccc3)nn12)c1ccccc1. The first-order valence-electron chi connectivity index (χ1n) is 8.99. The van der Waals surface area contributed by atoms with Crippen molar-refractivity contribution in [3.63, 3.8) is 0 Å². The van der Waals surface area contributed by atoms with Gasteiger partial charge in [0.2, 0.25) is 5.91 Å². The molecule has 2 aromatic carbocycles. The van der Waals surface area contributed by atoms with Gasteiger partial charge in [0, 0.05) is 5.56 Å². The summed E-state index contributed by atoms with van der Waals surface area (Å²) in [5.41, 5.74) is 2.56. The smallest absolute Gasteiger partial charge is 0.290 e. The van der Waals surface area contributed by atoms with Crippen LogP contribution >= 0.6 is 0 Å². The second-order valence-corrected chi connectivity index (χ2v) is 6.54. The van der Waals surface area contributed by atoms with Gasteiger partial charge in [0.25, 0.3) is 5.56 Å². The lowest BCUT2D eigenvalue weighted by atomic mass is 10.1. The molecule has 0 aliphatic rings. The quantitative estimate of drug-likeness (QED) is 0.562. The van der Waals surface area contributed by atoms with Gasteiger partial charge >= 0.3 is 0 Å². The number of hydrogen-bond donors (Lipinski definition) is 2. The van der Waals surface area contributed by atoms with Gasteiger partial charge in [-0.05, 0) is 18.6 Å². The van der Waals surface area contributed by atoms with Gasteiger partial charge in [0.15, 0.2) is 5.82 Å². The van der Waals surface area contributed by atoms with E-state index in [-0.39, 0.29) is 23.9 Å². The number of carbonyl (C=O) groups is 1. The highest BCUT2D eigenvalue weighted by atomic mass is 16.1. The van der Waals surface area contributed by atoms with Gasteiger partial charge < -0.3 is 5.32 Å². The molecule has 28 heavy (non-hydrogen) atoms. The Morgan fingerprint density at radius 2 is 1.79 bits per heavy atom. The summed E-state index contributed by atoms with van der Waals surface area (Å²) in [6.45, 7) is 1.92. The average Bonchev–Trinajstić information content (AvgIpc) is 3.18. The predicted molar refractivity (Wildman–Crippen MR) is 106 cm³/mol. The standard InChI is InChI=1S/C21H19N5O2/c1-14(15-8-4-2-5-9-15)22-20(27)13-19-23-24-21(28)18-12-17(25-26(18)19)16-10-6-3-7-11-16/h2-12,14H,13H2,1H3,(H,22,27)(H,24,28). The van der Waals surface area contributed by atoms with Crippen molar-refractivity contribution < 1.29 is 4.79 Å². The third kappa shape index (κ3) is 3.55. The molecule has 2 N–H and O–H groups in total. The molecule has 2 aromatic heterocycles. The summed E-state index contributed by atoms with van der Waals surface area (Å²) >= 11 is 0. The first-order valence-corrected chi connectivity index (χ1v) is 8.99.